The van der Waals surface area contributed by atoms with Gasteiger partial charge < -0.3 is 5.32 Å². The van der Waals surface area contributed by atoms with Gasteiger partial charge in [0, 0.05) is 11.3 Å². The minimum Gasteiger partial charge on any atom is -0.322 e. The zero-order valence-electron chi connectivity index (χ0n) is 11.9. The van der Waals surface area contributed by atoms with E-state index in [1.807, 2.05) is 24.3 Å². The van der Waals surface area contributed by atoms with Crippen LogP contribution in [-0.2, 0) is 0 Å². The Balaban J connectivity index is 2.26. The van der Waals surface area contributed by atoms with E-state index in [-0.39, 0.29) is 11.7 Å². The summed E-state index contributed by atoms with van der Waals surface area (Å²) in [4.78, 5) is 12.2. The zero-order chi connectivity index (χ0) is 14.7. The second-order valence-electron chi connectivity index (χ2n) is 5.16. The summed E-state index contributed by atoms with van der Waals surface area (Å²) in [6.45, 7) is 5.80. The van der Waals surface area contributed by atoms with Crippen LogP contribution in [0, 0.1) is 12.7 Å². The van der Waals surface area contributed by atoms with Crippen LogP contribution in [0.3, 0.4) is 0 Å². The molecule has 0 heterocycles. The first-order valence-electron chi connectivity index (χ1n) is 6.65. The number of hydrogen-bond donors (Lipinski definition) is 1. The summed E-state index contributed by atoms with van der Waals surface area (Å²) in [5.41, 5.74) is 2.81. The van der Waals surface area contributed by atoms with E-state index in [0.717, 1.165) is 11.3 Å². The number of amides is 1. The van der Waals surface area contributed by atoms with Gasteiger partial charge in [0.25, 0.3) is 5.91 Å². The quantitative estimate of drug-likeness (QED) is 0.874. The highest BCUT2D eigenvalue weighted by Gasteiger charge is 2.11. The van der Waals surface area contributed by atoms with E-state index in [1.165, 1.54) is 12.1 Å². The summed E-state index contributed by atoms with van der Waals surface area (Å²) in [5, 5.41) is 2.89. The molecule has 0 radical (unpaired) electrons. The van der Waals surface area contributed by atoms with Crippen LogP contribution in [0.15, 0.2) is 42.5 Å². The minimum absolute atomic E-state index is 0.221. The molecule has 0 saturated carbocycles. The van der Waals surface area contributed by atoms with Crippen molar-refractivity contribution in [2.75, 3.05) is 5.32 Å². The Labute approximate surface area is 118 Å². The lowest BCUT2D eigenvalue weighted by Crippen LogP contribution is -2.14. The molecule has 3 heteroatoms. The molecule has 104 valence electrons. The van der Waals surface area contributed by atoms with E-state index in [2.05, 4.69) is 19.2 Å². The highest BCUT2D eigenvalue weighted by atomic mass is 19.1. The number of carbonyl (C=O) groups is 1. The molecule has 0 fully saturated rings. The lowest BCUT2D eigenvalue weighted by Gasteiger charge is -2.13. The molecule has 2 nitrogen and oxygen atoms in total. The molecular formula is C17H18FNO. The summed E-state index contributed by atoms with van der Waals surface area (Å²) in [7, 11) is 0. The van der Waals surface area contributed by atoms with Gasteiger partial charge in [-0.25, -0.2) is 4.39 Å². The van der Waals surface area contributed by atoms with Gasteiger partial charge in [-0.3, -0.25) is 4.79 Å². The van der Waals surface area contributed by atoms with Gasteiger partial charge in [-0.2, -0.15) is 0 Å². The van der Waals surface area contributed by atoms with Crippen LogP contribution >= 0.6 is 0 Å². The van der Waals surface area contributed by atoms with Gasteiger partial charge in [-0.15, -0.1) is 0 Å². The van der Waals surface area contributed by atoms with Gasteiger partial charge in [0.1, 0.15) is 5.82 Å². The number of halogens is 1. The maximum atomic E-state index is 13.2. The number of aryl methyl sites for hydroxylation is 1. The van der Waals surface area contributed by atoms with E-state index in [9.17, 15) is 9.18 Å². The Kier molecular flexibility index (Phi) is 4.18. The zero-order valence-corrected chi connectivity index (χ0v) is 11.9. The van der Waals surface area contributed by atoms with Gasteiger partial charge in [0.05, 0.1) is 0 Å². The average Bonchev–Trinajstić information content (AvgIpc) is 2.42. The van der Waals surface area contributed by atoms with Crippen LogP contribution in [0.2, 0.25) is 0 Å². The van der Waals surface area contributed by atoms with Crippen molar-refractivity contribution in [2.24, 2.45) is 0 Å². The Morgan fingerprint density at radius 1 is 1.15 bits per heavy atom. The van der Waals surface area contributed by atoms with E-state index in [4.69, 9.17) is 0 Å². The van der Waals surface area contributed by atoms with Gasteiger partial charge in [0.15, 0.2) is 0 Å². The fraction of sp³-hybridized carbons (Fsp3) is 0.235. The van der Waals surface area contributed by atoms with Crippen LogP contribution in [-0.4, -0.2) is 5.91 Å². The third-order valence-corrected chi connectivity index (χ3v) is 3.25. The highest BCUT2D eigenvalue weighted by molar-refractivity contribution is 6.04. The lowest BCUT2D eigenvalue weighted by molar-refractivity contribution is 0.102. The Bertz CT molecular complexity index is 635. The maximum absolute atomic E-state index is 13.2. The number of benzene rings is 2. The van der Waals surface area contributed by atoms with Crippen molar-refractivity contribution in [2.45, 2.75) is 26.7 Å². The fourth-order valence-electron chi connectivity index (χ4n) is 2.09. The van der Waals surface area contributed by atoms with E-state index in [0.29, 0.717) is 17.0 Å². The molecule has 0 spiro atoms. The molecule has 0 unspecified atom stereocenters. The maximum Gasteiger partial charge on any atom is 0.255 e. The van der Waals surface area contributed by atoms with Crippen molar-refractivity contribution >= 4 is 11.6 Å². The van der Waals surface area contributed by atoms with Gasteiger partial charge in [0.2, 0.25) is 0 Å². The Morgan fingerprint density at radius 3 is 2.50 bits per heavy atom. The molecule has 0 aliphatic carbocycles. The third kappa shape index (κ3) is 3.05. The average molecular weight is 271 g/mol. The van der Waals surface area contributed by atoms with Crippen molar-refractivity contribution in [1.82, 2.24) is 0 Å². The standard InChI is InChI=1S/C17H18FNO/c1-11(2)14-6-4-5-7-16(14)19-17(20)13-8-9-15(18)12(3)10-13/h4-11H,1-3H3,(H,19,20). The predicted molar refractivity (Wildman–Crippen MR) is 79.6 cm³/mol. The number of para-hydroxylation sites is 1. The number of rotatable bonds is 3. The van der Waals surface area contributed by atoms with Crippen LogP contribution in [0.4, 0.5) is 10.1 Å². The molecule has 2 rings (SSSR count). The smallest absolute Gasteiger partial charge is 0.255 e. The minimum atomic E-state index is -0.302. The van der Waals surface area contributed by atoms with E-state index < -0.39 is 0 Å². The van der Waals surface area contributed by atoms with Crippen molar-refractivity contribution in [3.63, 3.8) is 0 Å². The first kappa shape index (κ1) is 14.3. The van der Waals surface area contributed by atoms with Gasteiger partial charge >= 0.3 is 0 Å². The molecule has 0 atom stereocenters. The monoisotopic (exact) mass is 271 g/mol. The molecule has 0 aliphatic heterocycles. The number of nitrogens with one attached hydrogen (secondary N) is 1. The van der Waals surface area contributed by atoms with Crippen molar-refractivity contribution < 1.29 is 9.18 Å². The number of anilines is 1. The first-order chi connectivity index (χ1) is 9.49. The van der Waals surface area contributed by atoms with Crippen molar-refractivity contribution in [3.05, 3.63) is 65.0 Å². The molecule has 1 amide bonds. The third-order valence-electron chi connectivity index (χ3n) is 3.25. The van der Waals surface area contributed by atoms with Crippen molar-refractivity contribution in [1.29, 1.82) is 0 Å². The molecule has 0 bridgehead atoms. The normalized spacial score (nSPS) is 10.7. The molecule has 1 N–H and O–H groups in total. The molecule has 20 heavy (non-hydrogen) atoms. The van der Waals surface area contributed by atoms with Crippen molar-refractivity contribution in [3.8, 4) is 0 Å². The number of carbonyl (C=O) groups excluding carboxylic acids is 1. The topological polar surface area (TPSA) is 29.1 Å². The summed E-state index contributed by atoms with van der Waals surface area (Å²) >= 11 is 0. The second kappa shape index (κ2) is 5.87. The Hall–Kier alpha value is -2.16. The largest absolute Gasteiger partial charge is 0.322 e. The summed E-state index contributed by atoms with van der Waals surface area (Å²) in [6, 6.07) is 12.1. The van der Waals surface area contributed by atoms with Gasteiger partial charge in [-0.05, 0) is 48.2 Å². The van der Waals surface area contributed by atoms with Crippen LogP contribution < -0.4 is 5.32 Å². The molecule has 0 saturated heterocycles. The molecule has 2 aromatic carbocycles. The van der Waals surface area contributed by atoms with Crippen LogP contribution in [0.25, 0.3) is 0 Å². The van der Waals surface area contributed by atoms with E-state index >= 15 is 0 Å². The lowest BCUT2D eigenvalue weighted by atomic mass is 10.0. The van der Waals surface area contributed by atoms with Gasteiger partial charge in [-0.1, -0.05) is 32.0 Å². The predicted octanol–water partition coefficient (Wildman–Crippen LogP) is 4.51. The fourth-order valence-corrected chi connectivity index (χ4v) is 2.09. The summed E-state index contributed by atoms with van der Waals surface area (Å²) < 4.78 is 13.2. The van der Waals surface area contributed by atoms with E-state index in [1.54, 1.807) is 13.0 Å². The van der Waals surface area contributed by atoms with Crippen LogP contribution in [0.1, 0.15) is 41.3 Å². The molecule has 2 aromatic rings. The molecular weight excluding hydrogens is 253 g/mol. The molecule has 0 aromatic heterocycles. The Morgan fingerprint density at radius 2 is 1.85 bits per heavy atom. The summed E-state index contributed by atoms with van der Waals surface area (Å²) in [6.07, 6.45) is 0. The summed E-state index contributed by atoms with van der Waals surface area (Å²) in [5.74, 6) is -0.202. The first-order valence-corrected chi connectivity index (χ1v) is 6.65. The second-order valence-corrected chi connectivity index (χ2v) is 5.16. The highest BCUT2D eigenvalue weighted by Crippen LogP contribution is 2.24. The molecule has 0 aliphatic rings. The van der Waals surface area contributed by atoms with Crippen LogP contribution in [0.5, 0.6) is 0 Å². The SMILES string of the molecule is Cc1cc(C(=O)Nc2ccccc2C(C)C)ccc1F. The number of hydrogen-bond acceptors (Lipinski definition) is 1.